The van der Waals surface area contributed by atoms with Gasteiger partial charge in [-0.3, -0.25) is 4.98 Å². The number of hydrogen-bond acceptors (Lipinski definition) is 4. The fourth-order valence-electron chi connectivity index (χ4n) is 2.17. The van der Waals surface area contributed by atoms with Crippen LogP contribution >= 0.6 is 0 Å². The van der Waals surface area contributed by atoms with Gasteiger partial charge in [-0.1, -0.05) is 12.1 Å². The quantitative estimate of drug-likeness (QED) is 0.816. The summed E-state index contributed by atoms with van der Waals surface area (Å²) in [7, 11) is 3.67. The summed E-state index contributed by atoms with van der Waals surface area (Å²) in [5, 5.41) is 8.99. The van der Waals surface area contributed by atoms with E-state index in [1.165, 1.54) is 0 Å². The standard InChI is InChI=1S/C17H19N3O/c1-20(10-8-16-5-3-4-9-19-16)13-14-6-7-15(12-18)17(11-14)21-2/h3-7,9,11H,8,10,13H2,1-2H3. The van der Waals surface area contributed by atoms with Crippen LogP contribution in [0.5, 0.6) is 5.75 Å². The molecule has 1 aromatic carbocycles. The average Bonchev–Trinajstić information content (AvgIpc) is 2.53. The first-order valence-corrected chi connectivity index (χ1v) is 6.88. The van der Waals surface area contributed by atoms with Gasteiger partial charge in [-0.15, -0.1) is 0 Å². The zero-order valence-electron chi connectivity index (χ0n) is 12.4. The number of nitriles is 1. The van der Waals surface area contributed by atoms with Crippen LogP contribution in [0.25, 0.3) is 0 Å². The maximum Gasteiger partial charge on any atom is 0.136 e. The van der Waals surface area contributed by atoms with Gasteiger partial charge in [0.1, 0.15) is 11.8 Å². The molecule has 1 heterocycles. The van der Waals surface area contributed by atoms with Crippen molar-refractivity contribution in [2.45, 2.75) is 13.0 Å². The lowest BCUT2D eigenvalue weighted by Crippen LogP contribution is -2.21. The van der Waals surface area contributed by atoms with Gasteiger partial charge in [-0.2, -0.15) is 5.26 Å². The minimum Gasteiger partial charge on any atom is -0.495 e. The molecular formula is C17H19N3O. The molecule has 4 heteroatoms. The molecule has 0 aliphatic rings. The van der Waals surface area contributed by atoms with Crippen LogP contribution in [0.1, 0.15) is 16.8 Å². The number of nitrogens with zero attached hydrogens (tertiary/aromatic N) is 3. The Hall–Kier alpha value is -2.38. The molecule has 0 radical (unpaired) electrons. The summed E-state index contributed by atoms with van der Waals surface area (Å²) in [4.78, 5) is 6.56. The van der Waals surface area contributed by atoms with Crippen LogP contribution in [-0.4, -0.2) is 30.6 Å². The number of pyridine rings is 1. The summed E-state index contributed by atoms with van der Waals surface area (Å²) in [5.41, 5.74) is 2.80. The number of likely N-dealkylation sites (N-methyl/N-ethyl adjacent to an activating group) is 1. The minimum absolute atomic E-state index is 0.567. The van der Waals surface area contributed by atoms with Gasteiger partial charge < -0.3 is 9.64 Å². The number of methoxy groups -OCH3 is 1. The van der Waals surface area contributed by atoms with Crippen LogP contribution < -0.4 is 4.74 Å². The van der Waals surface area contributed by atoms with E-state index in [9.17, 15) is 0 Å². The van der Waals surface area contributed by atoms with E-state index in [0.717, 1.165) is 30.8 Å². The van der Waals surface area contributed by atoms with Crippen molar-refractivity contribution in [1.29, 1.82) is 5.26 Å². The van der Waals surface area contributed by atoms with Gasteiger partial charge in [0.15, 0.2) is 0 Å². The van der Waals surface area contributed by atoms with Crippen molar-refractivity contribution in [3.05, 3.63) is 59.4 Å². The molecule has 0 saturated carbocycles. The summed E-state index contributed by atoms with van der Waals surface area (Å²) in [6.07, 6.45) is 2.74. The molecule has 2 aromatic rings. The number of benzene rings is 1. The average molecular weight is 281 g/mol. The minimum atomic E-state index is 0.567. The molecule has 108 valence electrons. The largest absolute Gasteiger partial charge is 0.495 e. The summed E-state index contributed by atoms with van der Waals surface area (Å²) in [6.45, 7) is 1.74. The van der Waals surface area contributed by atoms with Crippen LogP contribution in [0.2, 0.25) is 0 Å². The first-order chi connectivity index (χ1) is 10.2. The molecule has 21 heavy (non-hydrogen) atoms. The van der Waals surface area contributed by atoms with Crippen LogP contribution in [0.15, 0.2) is 42.6 Å². The van der Waals surface area contributed by atoms with E-state index >= 15 is 0 Å². The van der Waals surface area contributed by atoms with E-state index in [2.05, 4.69) is 23.0 Å². The molecule has 0 aliphatic carbocycles. The summed E-state index contributed by atoms with van der Waals surface area (Å²) in [6, 6.07) is 13.8. The van der Waals surface area contributed by atoms with Crippen molar-refractivity contribution >= 4 is 0 Å². The Morgan fingerprint density at radius 3 is 2.81 bits per heavy atom. The highest BCUT2D eigenvalue weighted by Gasteiger charge is 2.06. The SMILES string of the molecule is COc1cc(CN(C)CCc2ccccn2)ccc1C#N. The van der Waals surface area contributed by atoms with Gasteiger partial charge in [-0.05, 0) is 36.9 Å². The third-order valence-corrected chi connectivity index (χ3v) is 3.31. The monoisotopic (exact) mass is 281 g/mol. The van der Waals surface area contributed by atoms with E-state index in [0.29, 0.717) is 11.3 Å². The highest BCUT2D eigenvalue weighted by atomic mass is 16.5. The first kappa shape index (κ1) is 15.0. The fraction of sp³-hybridized carbons (Fsp3) is 0.294. The Kier molecular flexibility index (Phi) is 5.30. The maximum absolute atomic E-state index is 8.99. The molecule has 1 aromatic heterocycles. The third kappa shape index (κ3) is 4.30. The lowest BCUT2D eigenvalue weighted by atomic mass is 10.1. The fourth-order valence-corrected chi connectivity index (χ4v) is 2.17. The molecule has 0 unspecified atom stereocenters. The number of aromatic nitrogens is 1. The molecule has 0 fully saturated rings. The van der Waals surface area contributed by atoms with Crippen LogP contribution in [-0.2, 0) is 13.0 Å². The number of hydrogen-bond donors (Lipinski definition) is 0. The molecule has 2 rings (SSSR count). The van der Waals surface area contributed by atoms with E-state index in [4.69, 9.17) is 10.00 Å². The molecule has 0 atom stereocenters. The molecule has 0 N–H and O–H groups in total. The summed E-state index contributed by atoms with van der Waals surface area (Å²) >= 11 is 0. The van der Waals surface area contributed by atoms with Gasteiger partial charge in [0.2, 0.25) is 0 Å². The molecular weight excluding hydrogens is 262 g/mol. The van der Waals surface area contributed by atoms with E-state index in [-0.39, 0.29) is 0 Å². The summed E-state index contributed by atoms with van der Waals surface area (Å²) < 4.78 is 5.24. The molecule has 4 nitrogen and oxygen atoms in total. The number of ether oxygens (including phenoxy) is 1. The van der Waals surface area contributed by atoms with Crippen LogP contribution in [0.3, 0.4) is 0 Å². The predicted octanol–water partition coefficient (Wildman–Crippen LogP) is 2.64. The van der Waals surface area contributed by atoms with Crippen molar-refractivity contribution in [3.8, 4) is 11.8 Å². The van der Waals surface area contributed by atoms with E-state index < -0.39 is 0 Å². The second-order valence-corrected chi connectivity index (χ2v) is 4.96. The van der Waals surface area contributed by atoms with Gasteiger partial charge in [0.05, 0.1) is 12.7 Å². The Morgan fingerprint density at radius 2 is 2.14 bits per heavy atom. The highest BCUT2D eigenvalue weighted by molar-refractivity contribution is 5.45. The van der Waals surface area contributed by atoms with Crippen molar-refractivity contribution in [2.24, 2.45) is 0 Å². The van der Waals surface area contributed by atoms with Crippen molar-refractivity contribution in [3.63, 3.8) is 0 Å². The topological polar surface area (TPSA) is 49.1 Å². The van der Waals surface area contributed by atoms with E-state index in [1.807, 2.05) is 36.5 Å². The third-order valence-electron chi connectivity index (χ3n) is 3.31. The van der Waals surface area contributed by atoms with Crippen molar-refractivity contribution in [1.82, 2.24) is 9.88 Å². The maximum atomic E-state index is 8.99. The second-order valence-electron chi connectivity index (χ2n) is 4.96. The predicted molar refractivity (Wildman–Crippen MR) is 82.0 cm³/mol. The summed E-state index contributed by atoms with van der Waals surface area (Å²) in [5.74, 6) is 0.633. The highest BCUT2D eigenvalue weighted by Crippen LogP contribution is 2.20. The Balaban J connectivity index is 1.93. The zero-order valence-corrected chi connectivity index (χ0v) is 12.4. The van der Waals surface area contributed by atoms with E-state index in [1.54, 1.807) is 13.2 Å². The van der Waals surface area contributed by atoms with Crippen molar-refractivity contribution < 1.29 is 4.74 Å². The van der Waals surface area contributed by atoms with Crippen LogP contribution in [0, 0.1) is 11.3 Å². The second kappa shape index (κ2) is 7.41. The Bertz CT molecular complexity index is 620. The van der Waals surface area contributed by atoms with Gasteiger partial charge >= 0.3 is 0 Å². The normalized spacial score (nSPS) is 10.4. The molecule has 0 aliphatic heterocycles. The lowest BCUT2D eigenvalue weighted by Gasteiger charge is -2.17. The van der Waals surface area contributed by atoms with Gasteiger partial charge in [0.25, 0.3) is 0 Å². The van der Waals surface area contributed by atoms with Gasteiger partial charge in [0, 0.05) is 31.4 Å². The smallest absolute Gasteiger partial charge is 0.136 e. The molecule has 0 spiro atoms. The zero-order chi connectivity index (χ0) is 15.1. The van der Waals surface area contributed by atoms with Crippen LogP contribution in [0.4, 0.5) is 0 Å². The van der Waals surface area contributed by atoms with Gasteiger partial charge in [-0.25, -0.2) is 0 Å². The lowest BCUT2D eigenvalue weighted by molar-refractivity contribution is 0.329. The molecule has 0 bridgehead atoms. The van der Waals surface area contributed by atoms with Crippen molar-refractivity contribution in [2.75, 3.05) is 20.7 Å². The molecule has 0 amide bonds. The molecule has 0 saturated heterocycles. The first-order valence-electron chi connectivity index (χ1n) is 6.88. The Labute approximate surface area is 125 Å². The Morgan fingerprint density at radius 1 is 1.29 bits per heavy atom. The number of rotatable bonds is 6.